The van der Waals surface area contributed by atoms with E-state index >= 15 is 0 Å². The lowest BCUT2D eigenvalue weighted by atomic mass is 10.2. The molecule has 0 aliphatic carbocycles. The van der Waals surface area contributed by atoms with Crippen molar-refractivity contribution >= 4 is 11.5 Å². The Morgan fingerprint density at radius 3 is 2.74 bits per heavy atom. The minimum absolute atomic E-state index is 0.313. The lowest BCUT2D eigenvalue weighted by Crippen LogP contribution is -2.34. The highest BCUT2D eigenvalue weighted by Crippen LogP contribution is 2.14. The summed E-state index contributed by atoms with van der Waals surface area (Å²) < 4.78 is 1.69. The summed E-state index contributed by atoms with van der Waals surface area (Å²) in [5.41, 5.74) is 1.19. The summed E-state index contributed by atoms with van der Waals surface area (Å²) in [6, 6.07) is 12.5. The first kappa shape index (κ1) is 15.0. The second kappa shape index (κ2) is 6.91. The van der Waals surface area contributed by atoms with Crippen LogP contribution in [-0.4, -0.2) is 39.4 Å². The molecule has 2 heterocycles. The molecule has 0 fully saturated rings. The first-order valence-electron chi connectivity index (χ1n) is 7.58. The van der Waals surface area contributed by atoms with Crippen molar-refractivity contribution < 1.29 is 0 Å². The molecule has 3 rings (SSSR count). The largest absolute Gasteiger partial charge is 0.370 e. The molecule has 1 aromatic carbocycles. The van der Waals surface area contributed by atoms with Gasteiger partial charge in [0.1, 0.15) is 5.82 Å². The van der Waals surface area contributed by atoms with Crippen molar-refractivity contribution in [2.24, 2.45) is 0 Å². The van der Waals surface area contributed by atoms with Crippen LogP contribution in [0, 0.1) is 0 Å². The smallest absolute Gasteiger partial charge is 0.173 e. The molecule has 6 heteroatoms. The van der Waals surface area contributed by atoms with Crippen molar-refractivity contribution in [2.45, 2.75) is 13.0 Å². The summed E-state index contributed by atoms with van der Waals surface area (Å²) in [7, 11) is 2.09. The number of benzene rings is 1. The Kier molecular flexibility index (Phi) is 4.52. The molecule has 1 N–H and O–H groups in total. The van der Waals surface area contributed by atoms with Crippen LogP contribution in [0.15, 0.2) is 61.2 Å². The monoisotopic (exact) mass is 308 g/mol. The van der Waals surface area contributed by atoms with E-state index in [1.54, 1.807) is 23.3 Å². The van der Waals surface area contributed by atoms with E-state index in [9.17, 15) is 0 Å². The second-order valence-electron chi connectivity index (χ2n) is 5.39. The SMILES string of the molecule is C[C@@H](CNc1cncc(-n2cccn2)n1)N(C)c1ccccc1. The standard InChI is InChI=1S/C17H20N6/c1-14(22(2)15-7-4-3-5-8-15)11-19-16-12-18-13-17(21-16)23-10-6-9-20-23/h3-10,12-14H,11H2,1-2H3,(H,19,21)/t14-/m0/s1. The first-order chi connectivity index (χ1) is 11.2. The van der Waals surface area contributed by atoms with E-state index in [0.717, 1.165) is 12.4 Å². The third-order valence-corrected chi connectivity index (χ3v) is 3.76. The van der Waals surface area contributed by atoms with Gasteiger partial charge in [0.25, 0.3) is 0 Å². The van der Waals surface area contributed by atoms with Gasteiger partial charge in [-0.05, 0) is 25.1 Å². The molecule has 23 heavy (non-hydrogen) atoms. The highest BCUT2D eigenvalue weighted by atomic mass is 15.3. The normalized spacial score (nSPS) is 11.9. The Balaban J connectivity index is 1.63. The van der Waals surface area contributed by atoms with Gasteiger partial charge in [-0.15, -0.1) is 0 Å². The molecule has 0 spiro atoms. The summed E-state index contributed by atoms with van der Waals surface area (Å²) in [6.45, 7) is 2.94. The zero-order valence-corrected chi connectivity index (χ0v) is 13.3. The van der Waals surface area contributed by atoms with Crippen LogP contribution < -0.4 is 10.2 Å². The fourth-order valence-corrected chi connectivity index (χ4v) is 2.26. The Hall–Kier alpha value is -2.89. The van der Waals surface area contributed by atoms with Crippen LogP contribution in [0.4, 0.5) is 11.5 Å². The van der Waals surface area contributed by atoms with Gasteiger partial charge in [0.2, 0.25) is 0 Å². The molecule has 2 aromatic heterocycles. The number of nitrogens with one attached hydrogen (secondary N) is 1. The quantitative estimate of drug-likeness (QED) is 0.758. The van der Waals surface area contributed by atoms with Gasteiger partial charge in [-0.2, -0.15) is 5.10 Å². The number of nitrogens with zero attached hydrogens (tertiary/aromatic N) is 5. The fourth-order valence-electron chi connectivity index (χ4n) is 2.26. The molecule has 0 radical (unpaired) electrons. The van der Waals surface area contributed by atoms with Gasteiger partial charge in [0.15, 0.2) is 5.82 Å². The van der Waals surface area contributed by atoms with E-state index in [2.05, 4.69) is 51.4 Å². The van der Waals surface area contributed by atoms with Gasteiger partial charge in [-0.25, -0.2) is 9.67 Å². The van der Waals surface area contributed by atoms with Crippen molar-refractivity contribution in [2.75, 3.05) is 23.8 Å². The summed E-state index contributed by atoms with van der Waals surface area (Å²) in [6.07, 6.45) is 6.98. The lowest BCUT2D eigenvalue weighted by Gasteiger charge is -2.27. The maximum absolute atomic E-state index is 4.53. The van der Waals surface area contributed by atoms with Crippen molar-refractivity contribution in [1.29, 1.82) is 0 Å². The second-order valence-corrected chi connectivity index (χ2v) is 5.39. The minimum Gasteiger partial charge on any atom is -0.370 e. The van der Waals surface area contributed by atoms with E-state index in [4.69, 9.17) is 0 Å². The zero-order chi connectivity index (χ0) is 16.1. The number of para-hydroxylation sites is 1. The van der Waals surface area contributed by atoms with E-state index in [0.29, 0.717) is 11.9 Å². The number of hydrogen-bond donors (Lipinski definition) is 1. The van der Waals surface area contributed by atoms with Crippen molar-refractivity contribution in [1.82, 2.24) is 19.7 Å². The number of rotatable bonds is 6. The van der Waals surface area contributed by atoms with Crippen LogP contribution in [0.5, 0.6) is 0 Å². The molecule has 0 aliphatic heterocycles. The molecular weight excluding hydrogens is 288 g/mol. The molecular formula is C17H20N6. The van der Waals surface area contributed by atoms with Crippen LogP contribution >= 0.6 is 0 Å². The third-order valence-electron chi connectivity index (χ3n) is 3.76. The zero-order valence-electron chi connectivity index (χ0n) is 13.3. The number of anilines is 2. The van der Waals surface area contributed by atoms with Gasteiger partial charge in [-0.3, -0.25) is 4.98 Å². The summed E-state index contributed by atoms with van der Waals surface area (Å²) >= 11 is 0. The minimum atomic E-state index is 0.313. The lowest BCUT2D eigenvalue weighted by molar-refractivity contribution is 0.713. The van der Waals surface area contributed by atoms with Gasteiger partial charge in [0, 0.05) is 37.7 Å². The van der Waals surface area contributed by atoms with Gasteiger partial charge < -0.3 is 10.2 Å². The van der Waals surface area contributed by atoms with E-state index < -0.39 is 0 Å². The summed E-state index contributed by atoms with van der Waals surface area (Å²) in [5, 5.41) is 7.51. The van der Waals surface area contributed by atoms with E-state index in [-0.39, 0.29) is 0 Å². The Labute approximate surface area is 135 Å². The number of likely N-dealkylation sites (N-methyl/N-ethyl adjacent to an activating group) is 1. The Morgan fingerprint density at radius 2 is 2.00 bits per heavy atom. The van der Waals surface area contributed by atoms with Crippen molar-refractivity contribution in [3.8, 4) is 5.82 Å². The highest BCUT2D eigenvalue weighted by molar-refractivity contribution is 5.46. The van der Waals surface area contributed by atoms with Gasteiger partial charge in [-0.1, -0.05) is 18.2 Å². The molecule has 0 saturated carbocycles. The van der Waals surface area contributed by atoms with Crippen molar-refractivity contribution in [3.05, 3.63) is 61.2 Å². The maximum Gasteiger partial charge on any atom is 0.173 e. The Morgan fingerprint density at radius 1 is 1.17 bits per heavy atom. The molecule has 0 saturated heterocycles. The molecule has 0 aliphatic rings. The molecule has 0 amide bonds. The predicted molar refractivity (Wildman–Crippen MR) is 92.0 cm³/mol. The number of aromatic nitrogens is 4. The molecule has 3 aromatic rings. The maximum atomic E-state index is 4.53. The van der Waals surface area contributed by atoms with E-state index in [1.807, 2.05) is 30.5 Å². The Bertz CT molecular complexity index is 726. The summed E-state index contributed by atoms with van der Waals surface area (Å²) in [5.74, 6) is 1.44. The molecule has 0 bridgehead atoms. The van der Waals surface area contributed by atoms with Crippen LogP contribution in [0.3, 0.4) is 0 Å². The predicted octanol–water partition coefficient (Wildman–Crippen LogP) is 2.60. The molecule has 0 unspecified atom stereocenters. The average molecular weight is 308 g/mol. The molecule has 118 valence electrons. The average Bonchev–Trinajstić information content (AvgIpc) is 3.15. The highest BCUT2D eigenvalue weighted by Gasteiger charge is 2.10. The topological polar surface area (TPSA) is 58.9 Å². The van der Waals surface area contributed by atoms with E-state index in [1.165, 1.54) is 5.69 Å². The van der Waals surface area contributed by atoms with Gasteiger partial charge in [0.05, 0.1) is 12.4 Å². The molecule has 6 nitrogen and oxygen atoms in total. The van der Waals surface area contributed by atoms with Crippen LogP contribution in [-0.2, 0) is 0 Å². The molecule has 1 atom stereocenters. The number of hydrogen-bond acceptors (Lipinski definition) is 5. The third kappa shape index (κ3) is 3.66. The van der Waals surface area contributed by atoms with Gasteiger partial charge >= 0.3 is 0 Å². The van der Waals surface area contributed by atoms with Crippen LogP contribution in [0.2, 0.25) is 0 Å². The first-order valence-corrected chi connectivity index (χ1v) is 7.58. The van der Waals surface area contributed by atoms with Crippen LogP contribution in [0.1, 0.15) is 6.92 Å². The van der Waals surface area contributed by atoms with Crippen molar-refractivity contribution in [3.63, 3.8) is 0 Å². The fraction of sp³-hybridized carbons (Fsp3) is 0.235. The van der Waals surface area contributed by atoms with Crippen LogP contribution in [0.25, 0.3) is 5.82 Å². The summed E-state index contributed by atoms with van der Waals surface area (Å²) in [4.78, 5) is 11.0.